The summed E-state index contributed by atoms with van der Waals surface area (Å²) in [5.41, 5.74) is 2.81. The Labute approximate surface area is 128 Å². The molecule has 0 spiro atoms. The van der Waals surface area contributed by atoms with Gasteiger partial charge in [-0.15, -0.1) is 11.3 Å². The summed E-state index contributed by atoms with van der Waals surface area (Å²) in [4.78, 5) is 7.58. The average Bonchev–Trinajstić information content (AvgIpc) is 2.87. The molecule has 0 saturated heterocycles. The topological polar surface area (TPSA) is 33.6 Å². The minimum absolute atomic E-state index is 0.516. The molecule has 0 amide bonds. The number of halogens is 2. The maximum Gasteiger partial charge on any atom is 0.178 e. The van der Waals surface area contributed by atoms with Gasteiger partial charge in [-0.3, -0.25) is 0 Å². The van der Waals surface area contributed by atoms with E-state index in [1.54, 1.807) is 17.4 Å². The highest BCUT2D eigenvalue weighted by Gasteiger charge is 2.09. The van der Waals surface area contributed by atoms with Crippen molar-refractivity contribution in [3.63, 3.8) is 0 Å². The molecule has 0 aliphatic rings. The normalized spacial score (nSPS) is 11.3. The molecule has 0 radical (unpaired) electrons. The third-order valence-electron chi connectivity index (χ3n) is 2.80. The van der Waals surface area contributed by atoms with Crippen molar-refractivity contribution in [2.75, 3.05) is 0 Å². The number of benzene rings is 1. The summed E-state index contributed by atoms with van der Waals surface area (Å²) < 4.78 is 2.61. The van der Waals surface area contributed by atoms with E-state index in [-0.39, 0.29) is 0 Å². The predicted molar refractivity (Wildman–Crippen MR) is 83.1 cm³/mol. The lowest BCUT2D eigenvalue weighted by molar-refractivity contribution is 0.789. The smallest absolute Gasteiger partial charge is 0.178 e. The quantitative estimate of drug-likeness (QED) is 0.684. The molecule has 3 nitrogen and oxygen atoms in total. The van der Waals surface area contributed by atoms with Crippen molar-refractivity contribution in [2.45, 2.75) is 13.5 Å². The van der Waals surface area contributed by atoms with E-state index in [4.69, 9.17) is 35.4 Å². The van der Waals surface area contributed by atoms with Crippen LogP contribution in [0.15, 0.2) is 17.5 Å². The zero-order valence-corrected chi connectivity index (χ0v) is 13.1. The molecule has 2 heterocycles. The SMILES string of the molecule is Cc1nc(Cn2c(=S)[nH]c3cc(Cl)c(Cl)cc32)cs1. The number of aryl methyl sites for hydroxylation is 1. The van der Waals surface area contributed by atoms with Crippen molar-refractivity contribution >= 4 is 57.8 Å². The zero-order valence-electron chi connectivity index (χ0n) is 9.91. The Morgan fingerprint density at radius 2 is 2.11 bits per heavy atom. The summed E-state index contributed by atoms with van der Waals surface area (Å²) in [6, 6.07) is 3.61. The van der Waals surface area contributed by atoms with E-state index in [1.165, 1.54) is 0 Å². The second-order valence-electron chi connectivity index (χ2n) is 4.16. The second-order valence-corrected chi connectivity index (χ2v) is 6.42. The van der Waals surface area contributed by atoms with Crippen LogP contribution in [0.4, 0.5) is 0 Å². The van der Waals surface area contributed by atoms with Gasteiger partial charge in [0.05, 0.1) is 38.3 Å². The largest absolute Gasteiger partial charge is 0.331 e. The van der Waals surface area contributed by atoms with E-state index in [9.17, 15) is 0 Å². The van der Waals surface area contributed by atoms with Gasteiger partial charge >= 0.3 is 0 Å². The molecule has 0 aliphatic heterocycles. The fourth-order valence-corrected chi connectivity index (χ4v) is 3.15. The number of nitrogens with zero attached hydrogens (tertiary/aromatic N) is 2. The van der Waals surface area contributed by atoms with E-state index in [2.05, 4.69) is 9.97 Å². The molecule has 19 heavy (non-hydrogen) atoms. The lowest BCUT2D eigenvalue weighted by Crippen LogP contribution is -2.00. The number of nitrogens with one attached hydrogen (secondary N) is 1. The van der Waals surface area contributed by atoms with Crippen molar-refractivity contribution in [2.24, 2.45) is 0 Å². The molecule has 1 N–H and O–H groups in total. The van der Waals surface area contributed by atoms with Crippen molar-refractivity contribution in [1.29, 1.82) is 0 Å². The van der Waals surface area contributed by atoms with Gasteiger partial charge in [0, 0.05) is 5.38 Å². The number of H-pyrrole nitrogens is 1. The lowest BCUT2D eigenvalue weighted by Gasteiger charge is -2.03. The van der Waals surface area contributed by atoms with Crippen LogP contribution >= 0.6 is 46.8 Å². The highest BCUT2D eigenvalue weighted by molar-refractivity contribution is 7.71. The number of thiazole rings is 1. The number of hydrogen-bond donors (Lipinski definition) is 1. The first-order chi connectivity index (χ1) is 9.04. The van der Waals surface area contributed by atoms with Gasteiger partial charge in [0.25, 0.3) is 0 Å². The number of hydrogen-bond acceptors (Lipinski definition) is 3. The van der Waals surface area contributed by atoms with E-state index in [0.717, 1.165) is 21.7 Å². The van der Waals surface area contributed by atoms with Gasteiger partial charge in [0.2, 0.25) is 0 Å². The number of fused-ring (bicyclic) bond motifs is 1. The maximum absolute atomic E-state index is 6.07. The standard InChI is InChI=1S/C12H9Cl2N3S2/c1-6-15-7(5-19-6)4-17-11-3-9(14)8(13)2-10(11)16-12(17)18/h2-3,5H,4H2,1H3,(H,16,18). The molecule has 0 unspecified atom stereocenters. The van der Waals surface area contributed by atoms with Gasteiger partial charge in [0.15, 0.2) is 4.77 Å². The van der Waals surface area contributed by atoms with Gasteiger partial charge in [0.1, 0.15) is 0 Å². The van der Waals surface area contributed by atoms with Crippen LogP contribution in [0.25, 0.3) is 11.0 Å². The summed E-state index contributed by atoms with van der Waals surface area (Å²) in [5, 5.41) is 4.11. The third kappa shape index (κ3) is 2.43. The van der Waals surface area contributed by atoms with Crippen LogP contribution < -0.4 is 0 Å². The van der Waals surface area contributed by atoms with Crippen LogP contribution in [0, 0.1) is 11.7 Å². The molecule has 0 aliphatic carbocycles. The lowest BCUT2D eigenvalue weighted by atomic mass is 10.3. The second kappa shape index (κ2) is 4.90. The van der Waals surface area contributed by atoms with Crippen LogP contribution in [-0.4, -0.2) is 14.5 Å². The summed E-state index contributed by atoms with van der Waals surface area (Å²) in [7, 11) is 0. The predicted octanol–water partition coefficient (Wildman–Crippen LogP) is 4.82. The Hall–Kier alpha value is -0.880. The Morgan fingerprint density at radius 1 is 1.37 bits per heavy atom. The summed E-state index contributed by atoms with van der Waals surface area (Å²) in [6.07, 6.45) is 0. The van der Waals surface area contributed by atoms with Crippen molar-refractivity contribution in [1.82, 2.24) is 14.5 Å². The minimum Gasteiger partial charge on any atom is -0.331 e. The Morgan fingerprint density at radius 3 is 2.79 bits per heavy atom. The highest BCUT2D eigenvalue weighted by atomic mass is 35.5. The fourth-order valence-electron chi connectivity index (χ4n) is 1.95. The van der Waals surface area contributed by atoms with Gasteiger partial charge in [-0.1, -0.05) is 23.2 Å². The van der Waals surface area contributed by atoms with Crippen molar-refractivity contribution < 1.29 is 0 Å². The number of aromatic amines is 1. The molecule has 0 bridgehead atoms. The zero-order chi connectivity index (χ0) is 13.6. The Bertz CT molecular complexity index is 816. The molecule has 0 atom stereocenters. The van der Waals surface area contributed by atoms with Crippen LogP contribution in [0.3, 0.4) is 0 Å². The van der Waals surface area contributed by atoms with Gasteiger partial charge in [-0.05, 0) is 31.3 Å². The Balaban J connectivity index is 2.15. The number of imidazole rings is 1. The van der Waals surface area contributed by atoms with Crippen LogP contribution in [-0.2, 0) is 6.54 Å². The molecule has 2 aromatic heterocycles. The minimum atomic E-state index is 0.516. The molecule has 3 aromatic rings. The Kier molecular flexibility index (Phi) is 3.39. The average molecular weight is 330 g/mol. The molecule has 3 rings (SSSR count). The molecule has 98 valence electrons. The maximum atomic E-state index is 6.07. The molecule has 7 heteroatoms. The van der Waals surface area contributed by atoms with E-state index in [1.807, 2.05) is 22.9 Å². The van der Waals surface area contributed by atoms with Crippen LogP contribution in [0.5, 0.6) is 0 Å². The van der Waals surface area contributed by atoms with E-state index >= 15 is 0 Å². The molecular weight excluding hydrogens is 321 g/mol. The number of rotatable bonds is 2. The fraction of sp³-hybridized carbons (Fsp3) is 0.167. The van der Waals surface area contributed by atoms with E-state index < -0.39 is 0 Å². The first-order valence-corrected chi connectivity index (χ1v) is 7.57. The summed E-state index contributed by atoms with van der Waals surface area (Å²) in [5.74, 6) is 0. The summed E-state index contributed by atoms with van der Waals surface area (Å²) in [6.45, 7) is 2.61. The first kappa shape index (κ1) is 13.1. The number of aromatic nitrogens is 3. The molecular formula is C12H9Cl2N3S2. The van der Waals surface area contributed by atoms with Crippen LogP contribution in [0.1, 0.15) is 10.7 Å². The van der Waals surface area contributed by atoms with Gasteiger partial charge < -0.3 is 9.55 Å². The van der Waals surface area contributed by atoms with Crippen molar-refractivity contribution in [3.05, 3.63) is 43.0 Å². The molecule has 0 fully saturated rings. The van der Waals surface area contributed by atoms with E-state index in [0.29, 0.717) is 21.4 Å². The monoisotopic (exact) mass is 329 g/mol. The van der Waals surface area contributed by atoms with Gasteiger partial charge in [-0.2, -0.15) is 0 Å². The molecule has 1 aromatic carbocycles. The summed E-state index contributed by atoms with van der Waals surface area (Å²) >= 11 is 19.0. The van der Waals surface area contributed by atoms with Gasteiger partial charge in [-0.25, -0.2) is 4.98 Å². The molecule has 0 saturated carbocycles. The third-order valence-corrected chi connectivity index (χ3v) is 4.67. The van der Waals surface area contributed by atoms with Crippen LogP contribution in [0.2, 0.25) is 10.0 Å². The van der Waals surface area contributed by atoms with Crippen molar-refractivity contribution in [3.8, 4) is 0 Å². The highest BCUT2D eigenvalue weighted by Crippen LogP contribution is 2.28. The first-order valence-electron chi connectivity index (χ1n) is 5.53.